The number of allylic oxidation sites excluding steroid dienone is 1. The first-order valence-corrected chi connectivity index (χ1v) is 6.03. The summed E-state index contributed by atoms with van der Waals surface area (Å²) in [5.74, 6) is -4.28. The Morgan fingerprint density at radius 3 is 2.68 bits per heavy atom. The molecule has 4 atom stereocenters. The molecule has 4 bridgehead atoms. The Morgan fingerprint density at radius 1 is 1.42 bits per heavy atom. The average molecular weight is 266 g/mol. The van der Waals surface area contributed by atoms with Crippen LogP contribution in [0, 0.1) is 17.3 Å². The van der Waals surface area contributed by atoms with Crippen LogP contribution < -0.4 is 0 Å². The van der Waals surface area contributed by atoms with Crippen molar-refractivity contribution in [2.24, 2.45) is 17.3 Å². The molecule has 4 aliphatic rings. The molecule has 0 radical (unpaired) electrons. The van der Waals surface area contributed by atoms with Gasteiger partial charge in [-0.05, 0) is 13.3 Å². The van der Waals surface area contributed by atoms with E-state index in [1.165, 1.54) is 14.2 Å². The lowest BCUT2D eigenvalue weighted by Crippen LogP contribution is -2.59. The van der Waals surface area contributed by atoms with E-state index in [4.69, 9.17) is 14.2 Å². The van der Waals surface area contributed by atoms with E-state index in [2.05, 4.69) is 0 Å². The van der Waals surface area contributed by atoms with Crippen LogP contribution >= 0.6 is 0 Å². The Bertz CT molecular complexity index is 535. The normalized spacial score (nSPS) is 43.0. The van der Waals surface area contributed by atoms with Gasteiger partial charge in [0.15, 0.2) is 0 Å². The Labute approximate surface area is 109 Å². The number of hydrogen-bond acceptors (Lipinski definition) is 6. The van der Waals surface area contributed by atoms with Gasteiger partial charge < -0.3 is 14.2 Å². The first kappa shape index (κ1) is 12.3. The van der Waals surface area contributed by atoms with E-state index in [1.54, 1.807) is 13.0 Å². The highest BCUT2D eigenvalue weighted by Crippen LogP contribution is 2.61. The SMILES string of the molecule is COC(=O)C1=C[C@@H]2C[C@@]3(C)C(=O)O[C@@](OC)(C2=O)[C@@H]13. The van der Waals surface area contributed by atoms with Crippen molar-refractivity contribution in [3.63, 3.8) is 0 Å². The van der Waals surface area contributed by atoms with Crippen molar-refractivity contribution in [2.75, 3.05) is 14.2 Å². The van der Waals surface area contributed by atoms with Gasteiger partial charge in [-0.2, -0.15) is 0 Å². The van der Waals surface area contributed by atoms with Crippen LogP contribution in [0.5, 0.6) is 0 Å². The summed E-state index contributed by atoms with van der Waals surface area (Å²) in [5, 5.41) is 0. The van der Waals surface area contributed by atoms with Crippen molar-refractivity contribution in [2.45, 2.75) is 19.1 Å². The molecule has 19 heavy (non-hydrogen) atoms. The molecule has 1 heterocycles. The fourth-order valence-electron chi connectivity index (χ4n) is 3.61. The average Bonchev–Trinajstić information content (AvgIpc) is 2.61. The van der Waals surface area contributed by atoms with Gasteiger partial charge in [0, 0.05) is 18.6 Å². The quantitative estimate of drug-likeness (QED) is 0.665. The highest BCUT2D eigenvalue weighted by atomic mass is 16.7. The highest BCUT2D eigenvalue weighted by molar-refractivity contribution is 6.05. The maximum Gasteiger partial charge on any atom is 0.334 e. The lowest BCUT2D eigenvalue weighted by atomic mass is 9.55. The minimum Gasteiger partial charge on any atom is -0.466 e. The standard InChI is InChI=1S/C13H14O6/c1-12-5-6-4-7(10(15)17-2)8(12)13(18-3,9(6)14)19-11(12)16/h4,6,8H,5H2,1-3H3/t6-,8+,12-,13-/m1/s1. The maximum atomic E-state index is 12.3. The van der Waals surface area contributed by atoms with Gasteiger partial charge in [0.2, 0.25) is 5.78 Å². The minimum absolute atomic E-state index is 0.295. The molecule has 0 unspecified atom stereocenters. The Balaban J connectivity index is 2.22. The predicted molar refractivity (Wildman–Crippen MR) is 60.6 cm³/mol. The van der Waals surface area contributed by atoms with Crippen molar-refractivity contribution < 1.29 is 28.6 Å². The van der Waals surface area contributed by atoms with E-state index in [-0.39, 0.29) is 5.78 Å². The van der Waals surface area contributed by atoms with E-state index < -0.39 is 35.0 Å². The largest absolute Gasteiger partial charge is 0.466 e. The zero-order valence-electron chi connectivity index (χ0n) is 10.9. The fourth-order valence-corrected chi connectivity index (χ4v) is 3.61. The number of rotatable bonds is 2. The van der Waals surface area contributed by atoms with E-state index in [9.17, 15) is 14.4 Å². The second-order valence-electron chi connectivity index (χ2n) is 5.40. The van der Waals surface area contributed by atoms with Crippen molar-refractivity contribution in [1.82, 2.24) is 0 Å². The molecule has 2 fully saturated rings. The van der Waals surface area contributed by atoms with Gasteiger partial charge in [0.25, 0.3) is 5.79 Å². The molecule has 0 aromatic rings. The number of methoxy groups -OCH3 is 2. The van der Waals surface area contributed by atoms with E-state index in [0.717, 1.165) is 0 Å². The Hall–Kier alpha value is -1.69. The summed E-state index contributed by atoms with van der Waals surface area (Å²) in [7, 11) is 2.58. The van der Waals surface area contributed by atoms with Gasteiger partial charge in [0.05, 0.1) is 18.4 Å². The van der Waals surface area contributed by atoms with Gasteiger partial charge in [-0.3, -0.25) is 9.59 Å². The molecule has 1 aliphatic heterocycles. The summed E-state index contributed by atoms with van der Waals surface area (Å²) in [5.41, 5.74) is -0.610. The van der Waals surface area contributed by atoms with Crippen LogP contribution in [0.25, 0.3) is 0 Å². The van der Waals surface area contributed by atoms with Crippen LogP contribution in [0.15, 0.2) is 11.6 Å². The molecule has 0 amide bonds. The van der Waals surface area contributed by atoms with Gasteiger partial charge in [-0.15, -0.1) is 0 Å². The number of hydrogen-bond donors (Lipinski definition) is 0. The highest BCUT2D eigenvalue weighted by Gasteiger charge is 2.75. The smallest absolute Gasteiger partial charge is 0.334 e. The first-order chi connectivity index (χ1) is 8.90. The summed E-state index contributed by atoms with van der Waals surface area (Å²) in [6, 6.07) is 0. The zero-order valence-corrected chi connectivity index (χ0v) is 10.9. The molecular weight excluding hydrogens is 252 g/mol. The van der Waals surface area contributed by atoms with Crippen LogP contribution in [0.2, 0.25) is 0 Å². The molecule has 0 aromatic carbocycles. The predicted octanol–water partition coefficient (Wildman–Crippen LogP) is 0.210. The molecule has 0 spiro atoms. The topological polar surface area (TPSA) is 78.9 Å². The van der Waals surface area contributed by atoms with Crippen LogP contribution in [-0.4, -0.2) is 37.7 Å². The lowest BCUT2D eigenvalue weighted by Gasteiger charge is -2.46. The molecule has 4 rings (SSSR count). The van der Waals surface area contributed by atoms with Crippen molar-refractivity contribution in [3.8, 4) is 0 Å². The number of ketones is 1. The number of ether oxygens (including phenoxy) is 3. The second-order valence-corrected chi connectivity index (χ2v) is 5.40. The summed E-state index contributed by atoms with van der Waals surface area (Å²) >= 11 is 0. The van der Waals surface area contributed by atoms with Crippen LogP contribution in [0.3, 0.4) is 0 Å². The van der Waals surface area contributed by atoms with Crippen molar-refractivity contribution in [3.05, 3.63) is 11.6 Å². The van der Waals surface area contributed by atoms with E-state index in [1.807, 2.05) is 0 Å². The minimum atomic E-state index is -1.66. The number of Topliss-reactive ketones (excluding diaryl/α,β-unsaturated/α-hetero) is 1. The second kappa shape index (κ2) is 3.45. The molecule has 6 nitrogen and oxygen atoms in total. The third-order valence-corrected chi connectivity index (χ3v) is 4.47. The maximum absolute atomic E-state index is 12.3. The Kier molecular flexibility index (Phi) is 2.24. The Morgan fingerprint density at radius 2 is 2.11 bits per heavy atom. The molecular formula is C13H14O6. The van der Waals surface area contributed by atoms with E-state index in [0.29, 0.717) is 12.0 Å². The van der Waals surface area contributed by atoms with Crippen LogP contribution in [0.1, 0.15) is 13.3 Å². The van der Waals surface area contributed by atoms with Crippen molar-refractivity contribution in [1.29, 1.82) is 0 Å². The third-order valence-electron chi connectivity index (χ3n) is 4.47. The van der Waals surface area contributed by atoms with Gasteiger partial charge >= 0.3 is 11.9 Å². The summed E-state index contributed by atoms with van der Waals surface area (Å²) in [6.45, 7) is 1.70. The number of carbonyl (C=O) groups is 3. The lowest BCUT2D eigenvalue weighted by molar-refractivity contribution is -0.218. The third kappa shape index (κ3) is 1.18. The molecule has 102 valence electrons. The molecule has 1 saturated heterocycles. The molecule has 3 aliphatic carbocycles. The molecule has 0 aromatic heterocycles. The van der Waals surface area contributed by atoms with Gasteiger partial charge in [-0.25, -0.2) is 4.79 Å². The summed E-state index contributed by atoms with van der Waals surface area (Å²) in [6.07, 6.45) is 1.93. The number of esters is 2. The van der Waals surface area contributed by atoms with Crippen molar-refractivity contribution >= 4 is 17.7 Å². The molecule has 6 heteroatoms. The first-order valence-electron chi connectivity index (χ1n) is 6.03. The van der Waals surface area contributed by atoms with Crippen LogP contribution in [0.4, 0.5) is 0 Å². The monoisotopic (exact) mass is 266 g/mol. The molecule has 1 saturated carbocycles. The fraction of sp³-hybridized carbons (Fsp3) is 0.615. The van der Waals surface area contributed by atoms with Gasteiger partial charge in [0.1, 0.15) is 0 Å². The number of carbonyl (C=O) groups excluding carboxylic acids is 3. The van der Waals surface area contributed by atoms with Crippen LogP contribution in [-0.2, 0) is 28.6 Å². The van der Waals surface area contributed by atoms with Gasteiger partial charge in [-0.1, -0.05) is 6.08 Å². The molecule has 0 N–H and O–H groups in total. The zero-order chi connectivity index (χ0) is 14.0. The van der Waals surface area contributed by atoms with E-state index >= 15 is 0 Å². The summed E-state index contributed by atoms with van der Waals surface area (Å²) < 4.78 is 15.2. The summed E-state index contributed by atoms with van der Waals surface area (Å²) in [4.78, 5) is 36.3.